The van der Waals surface area contributed by atoms with Crippen molar-refractivity contribution in [2.24, 2.45) is 0 Å². The van der Waals surface area contributed by atoms with Crippen molar-refractivity contribution in [1.29, 1.82) is 0 Å². The van der Waals surface area contributed by atoms with Crippen LogP contribution in [0.2, 0.25) is 0 Å². The minimum atomic E-state index is -0.647. The van der Waals surface area contributed by atoms with Gasteiger partial charge in [-0.1, -0.05) is 24.3 Å². The van der Waals surface area contributed by atoms with Gasteiger partial charge in [0.25, 0.3) is 0 Å². The summed E-state index contributed by atoms with van der Waals surface area (Å²) in [5, 5.41) is 3.95. The van der Waals surface area contributed by atoms with Crippen LogP contribution in [-0.4, -0.2) is 27.3 Å². The first-order valence-electron chi connectivity index (χ1n) is 6.74. The van der Waals surface area contributed by atoms with E-state index in [-0.39, 0.29) is 34.0 Å². The molecule has 1 aliphatic rings. The monoisotopic (exact) mass is 307 g/mol. The normalized spacial score (nSPS) is 12.9. The second-order valence-corrected chi connectivity index (χ2v) is 5.01. The number of nitrogens with zero attached hydrogens (tertiary/aromatic N) is 2. The largest absolute Gasteiger partial charge is 0.459 e. The molecule has 4 rings (SSSR count). The number of rotatable bonds is 1. The third kappa shape index (κ3) is 1.70. The minimum Gasteiger partial charge on any atom is -0.459 e. The van der Waals surface area contributed by atoms with Gasteiger partial charge in [0, 0.05) is 11.1 Å². The number of hydrogen-bond donors (Lipinski definition) is 1. The lowest BCUT2D eigenvalue weighted by atomic mass is 9.88. The van der Waals surface area contributed by atoms with Gasteiger partial charge in [-0.3, -0.25) is 14.4 Å². The van der Waals surface area contributed by atoms with E-state index in [4.69, 9.17) is 10.2 Å². The van der Waals surface area contributed by atoms with Gasteiger partial charge >= 0.3 is 5.91 Å². The molecular formula is C16H9N3O4. The molecule has 23 heavy (non-hydrogen) atoms. The Bertz CT molecular complexity index is 983. The molecule has 1 aliphatic carbocycles. The number of fused-ring (bicyclic) bond motifs is 2. The summed E-state index contributed by atoms with van der Waals surface area (Å²) in [6, 6.07) is 9.39. The van der Waals surface area contributed by atoms with Gasteiger partial charge in [0.05, 0.1) is 11.8 Å². The van der Waals surface area contributed by atoms with Gasteiger partial charge < -0.3 is 10.2 Å². The number of hydrogen-bond acceptors (Lipinski definition) is 6. The number of nitrogen functional groups attached to an aromatic ring is 1. The zero-order chi connectivity index (χ0) is 16.1. The van der Waals surface area contributed by atoms with E-state index in [9.17, 15) is 14.4 Å². The molecule has 0 spiro atoms. The number of anilines is 1. The number of aromatic nitrogens is 2. The molecule has 0 atom stereocenters. The maximum atomic E-state index is 12.6. The molecule has 0 bridgehead atoms. The van der Waals surface area contributed by atoms with Crippen molar-refractivity contribution < 1.29 is 18.8 Å². The first kappa shape index (κ1) is 13.2. The lowest BCUT2D eigenvalue weighted by Crippen LogP contribution is -2.20. The zero-order valence-electron chi connectivity index (χ0n) is 11.6. The number of carbonyl (C=O) groups excluding carboxylic acids is 3. The molecule has 2 N–H and O–H groups in total. The molecule has 3 aromatic rings. The highest BCUT2D eigenvalue weighted by Gasteiger charge is 2.36. The Morgan fingerprint density at radius 1 is 1.04 bits per heavy atom. The highest BCUT2D eigenvalue weighted by molar-refractivity contribution is 6.29. The lowest BCUT2D eigenvalue weighted by Gasteiger charge is -2.12. The van der Waals surface area contributed by atoms with Crippen molar-refractivity contribution in [3.63, 3.8) is 0 Å². The summed E-state index contributed by atoms with van der Waals surface area (Å²) < 4.78 is 5.84. The van der Waals surface area contributed by atoms with Crippen molar-refractivity contribution >= 4 is 23.3 Å². The topological polar surface area (TPSA) is 108 Å². The number of nitrogens with two attached hydrogens (primary N) is 1. The van der Waals surface area contributed by atoms with Crippen LogP contribution in [0, 0.1) is 0 Å². The van der Waals surface area contributed by atoms with E-state index in [2.05, 4.69) is 5.10 Å². The van der Waals surface area contributed by atoms with E-state index in [0.717, 1.165) is 4.68 Å². The first-order chi connectivity index (χ1) is 11.1. The maximum absolute atomic E-state index is 12.6. The Balaban J connectivity index is 1.92. The summed E-state index contributed by atoms with van der Waals surface area (Å²) in [6.45, 7) is 0. The lowest BCUT2D eigenvalue weighted by molar-refractivity contribution is 0.0919. The van der Waals surface area contributed by atoms with Crippen LogP contribution in [0.3, 0.4) is 0 Å². The van der Waals surface area contributed by atoms with E-state index in [1.54, 1.807) is 30.3 Å². The fourth-order valence-corrected chi connectivity index (χ4v) is 2.61. The summed E-state index contributed by atoms with van der Waals surface area (Å²) in [5.41, 5.74) is 6.24. The van der Waals surface area contributed by atoms with Crippen LogP contribution in [0.25, 0.3) is 0 Å². The van der Waals surface area contributed by atoms with Crippen molar-refractivity contribution in [1.82, 2.24) is 9.78 Å². The van der Waals surface area contributed by atoms with Gasteiger partial charge in [0.15, 0.2) is 11.5 Å². The molecule has 2 heterocycles. The standard InChI is InChI=1S/C16H9N3O4/c17-15-11-12(18-19(15)16(22)10-6-3-7-23-10)14(21)9-5-2-1-4-8(9)13(11)20/h1-7H,17H2. The first-order valence-corrected chi connectivity index (χ1v) is 6.74. The zero-order valence-corrected chi connectivity index (χ0v) is 11.6. The van der Waals surface area contributed by atoms with E-state index in [1.807, 2.05) is 0 Å². The summed E-state index contributed by atoms with van der Waals surface area (Å²) in [6.07, 6.45) is 1.33. The van der Waals surface area contributed by atoms with Crippen LogP contribution in [-0.2, 0) is 0 Å². The Kier molecular flexibility index (Phi) is 2.59. The molecule has 112 valence electrons. The van der Waals surface area contributed by atoms with Gasteiger partial charge in [-0.15, -0.1) is 0 Å². The predicted molar refractivity (Wildman–Crippen MR) is 78.4 cm³/mol. The van der Waals surface area contributed by atoms with E-state index in [1.165, 1.54) is 12.3 Å². The molecular weight excluding hydrogens is 298 g/mol. The molecule has 2 aromatic heterocycles. The summed E-state index contributed by atoms with van der Waals surface area (Å²) in [4.78, 5) is 37.4. The van der Waals surface area contributed by atoms with Crippen molar-refractivity contribution in [2.75, 3.05) is 5.73 Å². The molecule has 7 nitrogen and oxygen atoms in total. The molecule has 0 radical (unpaired) electrons. The third-order valence-electron chi connectivity index (χ3n) is 3.70. The van der Waals surface area contributed by atoms with Gasteiger partial charge in [-0.05, 0) is 12.1 Å². The number of carbonyl (C=O) groups is 3. The second-order valence-electron chi connectivity index (χ2n) is 5.01. The van der Waals surface area contributed by atoms with Crippen molar-refractivity contribution in [3.8, 4) is 0 Å². The van der Waals surface area contributed by atoms with Crippen LogP contribution >= 0.6 is 0 Å². The van der Waals surface area contributed by atoms with Crippen molar-refractivity contribution in [2.45, 2.75) is 0 Å². The predicted octanol–water partition coefficient (Wildman–Crippen LogP) is 1.52. The average Bonchev–Trinajstić information content (AvgIpc) is 3.20. The Morgan fingerprint density at radius 3 is 2.39 bits per heavy atom. The Morgan fingerprint density at radius 2 is 1.74 bits per heavy atom. The second kappa shape index (κ2) is 4.51. The molecule has 7 heteroatoms. The fourth-order valence-electron chi connectivity index (χ4n) is 2.61. The van der Waals surface area contributed by atoms with Gasteiger partial charge in [-0.2, -0.15) is 9.78 Å². The number of benzene rings is 1. The molecule has 0 aliphatic heterocycles. The van der Waals surface area contributed by atoms with Crippen LogP contribution in [0.15, 0.2) is 47.1 Å². The molecule has 1 aromatic carbocycles. The highest BCUT2D eigenvalue weighted by atomic mass is 16.3. The van der Waals surface area contributed by atoms with E-state index < -0.39 is 17.5 Å². The molecule has 0 unspecified atom stereocenters. The maximum Gasteiger partial charge on any atom is 0.315 e. The summed E-state index contributed by atoms with van der Waals surface area (Å²) in [5.74, 6) is -1.67. The van der Waals surface area contributed by atoms with Crippen molar-refractivity contribution in [3.05, 3.63) is 70.8 Å². The van der Waals surface area contributed by atoms with Crippen LogP contribution in [0.1, 0.15) is 42.5 Å². The van der Waals surface area contributed by atoms with Gasteiger partial charge in [-0.25, -0.2) is 0 Å². The molecule has 0 saturated heterocycles. The summed E-state index contributed by atoms with van der Waals surface area (Å²) >= 11 is 0. The Hall–Kier alpha value is -3.48. The Labute approximate surface area is 129 Å². The number of ketones is 2. The fraction of sp³-hybridized carbons (Fsp3) is 0. The van der Waals surface area contributed by atoms with Gasteiger partial charge in [0.2, 0.25) is 5.78 Å². The smallest absolute Gasteiger partial charge is 0.315 e. The quantitative estimate of drug-likeness (QED) is 0.571. The average molecular weight is 307 g/mol. The molecule has 0 saturated carbocycles. The molecule has 0 fully saturated rings. The van der Waals surface area contributed by atoms with Crippen LogP contribution < -0.4 is 5.73 Å². The van der Waals surface area contributed by atoms with E-state index >= 15 is 0 Å². The highest BCUT2D eigenvalue weighted by Crippen LogP contribution is 2.30. The minimum absolute atomic E-state index is 0.00830. The summed E-state index contributed by atoms with van der Waals surface area (Å²) in [7, 11) is 0. The number of furan rings is 1. The van der Waals surface area contributed by atoms with Crippen LogP contribution in [0.4, 0.5) is 5.82 Å². The van der Waals surface area contributed by atoms with Crippen LogP contribution in [0.5, 0.6) is 0 Å². The van der Waals surface area contributed by atoms with E-state index in [0.29, 0.717) is 0 Å². The SMILES string of the molecule is Nc1c2c(nn1C(=O)c1ccco1)C(=O)c1ccccc1C2=O. The third-order valence-corrected chi connectivity index (χ3v) is 3.70. The van der Waals surface area contributed by atoms with Gasteiger partial charge in [0.1, 0.15) is 11.5 Å². The molecule has 0 amide bonds.